The summed E-state index contributed by atoms with van der Waals surface area (Å²) < 4.78 is 10.8. The molecular formula is C13H14N2O2. The van der Waals surface area contributed by atoms with Crippen molar-refractivity contribution in [1.29, 1.82) is 0 Å². The lowest BCUT2D eigenvalue weighted by molar-refractivity contribution is 0.0835. The Morgan fingerprint density at radius 2 is 2.29 bits per heavy atom. The lowest BCUT2D eigenvalue weighted by atomic mass is 10.1. The van der Waals surface area contributed by atoms with Crippen molar-refractivity contribution < 1.29 is 9.26 Å². The van der Waals surface area contributed by atoms with Gasteiger partial charge in [-0.2, -0.15) is 4.98 Å². The van der Waals surface area contributed by atoms with E-state index in [9.17, 15) is 0 Å². The number of aryl methyl sites for hydroxylation is 1. The molecule has 1 saturated heterocycles. The summed E-state index contributed by atoms with van der Waals surface area (Å²) in [5.41, 5.74) is 2.17. The topological polar surface area (TPSA) is 48.2 Å². The summed E-state index contributed by atoms with van der Waals surface area (Å²) >= 11 is 0. The van der Waals surface area contributed by atoms with Gasteiger partial charge in [0.2, 0.25) is 5.82 Å². The van der Waals surface area contributed by atoms with Crippen molar-refractivity contribution in [3.63, 3.8) is 0 Å². The van der Waals surface area contributed by atoms with Crippen LogP contribution in [0.1, 0.15) is 30.4 Å². The Balaban J connectivity index is 1.89. The molecule has 0 unspecified atom stereocenters. The summed E-state index contributed by atoms with van der Waals surface area (Å²) in [4.78, 5) is 4.40. The Labute approximate surface area is 99.6 Å². The molecular weight excluding hydrogens is 216 g/mol. The van der Waals surface area contributed by atoms with Crippen LogP contribution in [0.4, 0.5) is 0 Å². The minimum Gasteiger partial charge on any atom is -0.368 e. The number of hydrogen-bond acceptors (Lipinski definition) is 4. The maximum Gasteiger partial charge on any atom is 0.256 e. The van der Waals surface area contributed by atoms with E-state index >= 15 is 0 Å². The molecule has 1 aromatic carbocycles. The van der Waals surface area contributed by atoms with Gasteiger partial charge < -0.3 is 9.26 Å². The largest absolute Gasteiger partial charge is 0.368 e. The van der Waals surface area contributed by atoms with Gasteiger partial charge in [0.15, 0.2) is 0 Å². The highest BCUT2D eigenvalue weighted by atomic mass is 16.5. The summed E-state index contributed by atoms with van der Waals surface area (Å²) in [6.45, 7) is 2.83. The molecule has 2 aromatic rings. The first-order valence-corrected chi connectivity index (χ1v) is 5.85. The van der Waals surface area contributed by atoms with Crippen molar-refractivity contribution in [2.45, 2.75) is 25.9 Å². The maximum absolute atomic E-state index is 5.52. The predicted molar refractivity (Wildman–Crippen MR) is 62.4 cm³/mol. The number of nitrogens with zero attached hydrogens (tertiary/aromatic N) is 2. The maximum atomic E-state index is 5.52. The molecule has 2 heterocycles. The molecule has 1 atom stereocenters. The Morgan fingerprint density at radius 1 is 1.35 bits per heavy atom. The van der Waals surface area contributed by atoms with E-state index in [1.165, 1.54) is 5.56 Å². The Morgan fingerprint density at radius 3 is 3.06 bits per heavy atom. The van der Waals surface area contributed by atoms with Gasteiger partial charge >= 0.3 is 0 Å². The Kier molecular flexibility index (Phi) is 2.65. The lowest BCUT2D eigenvalue weighted by Gasteiger charge is -2.00. The van der Waals surface area contributed by atoms with E-state index in [-0.39, 0.29) is 6.10 Å². The summed E-state index contributed by atoms with van der Waals surface area (Å²) in [5.74, 6) is 1.23. The fraction of sp³-hybridized carbons (Fsp3) is 0.385. The van der Waals surface area contributed by atoms with Crippen LogP contribution in [-0.4, -0.2) is 16.7 Å². The van der Waals surface area contributed by atoms with E-state index in [2.05, 4.69) is 10.1 Å². The molecule has 17 heavy (non-hydrogen) atoms. The Hall–Kier alpha value is -1.68. The van der Waals surface area contributed by atoms with E-state index in [4.69, 9.17) is 9.26 Å². The molecule has 3 rings (SSSR count). The molecule has 0 bridgehead atoms. The van der Waals surface area contributed by atoms with Gasteiger partial charge in [-0.3, -0.25) is 0 Å². The van der Waals surface area contributed by atoms with Crippen LogP contribution in [0.15, 0.2) is 28.8 Å². The first-order valence-electron chi connectivity index (χ1n) is 5.85. The van der Waals surface area contributed by atoms with E-state index in [0.717, 1.165) is 25.0 Å². The van der Waals surface area contributed by atoms with Gasteiger partial charge in [-0.25, -0.2) is 0 Å². The van der Waals surface area contributed by atoms with E-state index in [1.807, 2.05) is 31.2 Å². The first-order chi connectivity index (χ1) is 8.33. The third kappa shape index (κ3) is 2.08. The summed E-state index contributed by atoms with van der Waals surface area (Å²) in [5, 5.41) is 4.01. The van der Waals surface area contributed by atoms with Crippen LogP contribution in [-0.2, 0) is 4.74 Å². The van der Waals surface area contributed by atoms with Gasteiger partial charge in [-0.15, -0.1) is 0 Å². The zero-order chi connectivity index (χ0) is 11.7. The standard InChI is InChI=1S/C13H14N2O2/c1-9-4-2-5-10(8-9)12-14-13(17-15-12)11-6-3-7-16-11/h2,4-5,8,11H,3,6-7H2,1H3/t11-/m0/s1. The molecule has 0 N–H and O–H groups in total. The van der Waals surface area contributed by atoms with Crippen LogP contribution in [0.2, 0.25) is 0 Å². The van der Waals surface area contributed by atoms with E-state index in [0.29, 0.717) is 11.7 Å². The molecule has 1 aromatic heterocycles. The number of benzene rings is 1. The minimum atomic E-state index is -0.0129. The zero-order valence-corrected chi connectivity index (χ0v) is 9.72. The van der Waals surface area contributed by atoms with Crippen LogP contribution in [0.5, 0.6) is 0 Å². The van der Waals surface area contributed by atoms with Crippen molar-refractivity contribution >= 4 is 0 Å². The summed E-state index contributed by atoms with van der Waals surface area (Å²) in [7, 11) is 0. The molecule has 0 aliphatic carbocycles. The molecule has 4 heteroatoms. The molecule has 1 aliphatic rings. The van der Waals surface area contributed by atoms with Gasteiger partial charge in [0, 0.05) is 12.2 Å². The lowest BCUT2D eigenvalue weighted by Crippen LogP contribution is -1.95. The van der Waals surface area contributed by atoms with Gasteiger partial charge in [-0.1, -0.05) is 28.9 Å². The third-order valence-corrected chi connectivity index (χ3v) is 2.92. The number of aromatic nitrogens is 2. The third-order valence-electron chi connectivity index (χ3n) is 2.92. The van der Waals surface area contributed by atoms with E-state index in [1.54, 1.807) is 0 Å². The molecule has 0 spiro atoms. The number of rotatable bonds is 2. The van der Waals surface area contributed by atoms with Crippen molar-refractivity contribution in [2.24, 2.45) is 0 Å². The summed E-state index contributed by atoms with van der Waals surface area (Å²) in [6, 6.07) is 8.07. The first kappa shape index (κ1) is 10.5. The van der Waals surface area contributed by atoms with Crippen LogP contribution < -0.4 is 0 Å². The highest BCUT2D eigenvalue weighted by Gasteiger charge is 2.24. The Bertz CT molecular complexity index is 516. The second kappa shape index (κ2) is 4.30. The minimum absolute atomic E-state index is 0.0129. The second-order valence-corrected chi connectivity index (χ2v) is 4.33. The predicted octanol–water partition coefficient (Wildman–Crippen LogP) is 2.90. The molecule has 88 valence electrons. The molecule has 1 fully saturated rings. The molecule has 4 nitrogen and oxygen atoms in total. The van der Waals surface area contributed by atoms with Crippen molar-refractivity contribution in [3.8, 4) is 11.4 Å². The SMILES string of the molecule is Cc1cccc(-c2noc([C@@H]3CCCO3)n2)c1. The zero-order valence-electron chi connectivity index (χ0n) is 9.72. The van der Waals surface area contributed by atoms with Crippen molar-refractivity contribution in [2.75, 3.05) is 6.61 Å². The summed E-state index contributed by atoms with van der Waals surface area (Å²) in [6.07, 6.45) is 2.02. The van der Waals surface area contributed by atoms with Gasteiger partial charge in [0.1, 0.15) is 6.10 Å². The molecule has 0 saturated carbocycles. The van der Waals surface area contributed by atoms with Crippen LogP contribution >= 0.6 is 0 Å². The van der Waals surface area contributed by atoms with Crippen LogP contribution in [0, 0.1) is 6.92 Å². The smallest absolute Gasteiger partial charge is 0.256 e. The molecule has 0 amide bonds. The van der Waals surface area contributed by atoms with Gasteiger partial charge in [-0.05, 0) is 25.8 Å². The molecule has 1 aliphatic heterocycles. The van der Waals surface area contributed by atoms with Crippen LogP contribution in [0.3, 0.4) is 0 Å². The normalized spacial score (nSPS) is 19.7. The van der Waals surface area contributed by atoms with E-state index < -0.39 is 0 Å². The van der Waals surface area contributed by atoms with Crippen molar-refractivity contribution in [1.82, 2.24) is 10.1 Å². The average molecular weight is 230 g/mol. The quantitative estimate of drug-likeness (QED) is 0.795. The number of hydrogen-bond donors (Lipinski definition) is 0. The fourth-order valence-corrected chi connectivity index (χ4v) is 2.04. The van der Waals surface area contributed by atoms with Crippen molar-refractivity contribution in [3.05, 3.63) is 35.7 Å². The van der Waals surface area contributed by atoms with Gasteiger partial charge in [0.25, 0.3) is 5.89 Å². The van der Waals surface area contributed by atoms with Gasteiger partial charge in [0.05, 0.1) is 0 Å². The highest BCUT2D eigenvalue weighted by molar-refractivity contribution is 5.55. The monoisotopic (exact) mass is 230 g/mol. The number of ether oxygens (including phenoxy) is 1. The fourth-order valence-electron chi connectivity index (χ4n) is 2.04. The highest BCUT2D eigenvalue weighted by Crippen LogP contribution is 2.28. The molecule has 0 radical (unpaired) electrons. The van der Waals surface area contributed by atoms with Crippen LogP contribution in [0.25, 0.3) is 11.4 Å². The average Bonchev–Trinajstić information content (AvgIpc) is 3.00. The second-order valence-electron chi connectivity index (χ2n) is 4.33.